The van der Waals surface area contributed by atoms with Gasteiger partial charge in [0, 0.05) is 30.4 Å². The highest BCUT2D eigenvalue weighted by Gasteiger charge is 2.35. The van der Waals surface area contributed by atoms with E-state index >= 15 is 0 Å². The number of alkyl halides is 5. The van der Waals surface area contributed by atoms with Crippen LogP contribution in [-0.2, 0) is 13.2 Å². The number of hydrogen-bond donors (Lipinski definition) is 1. The monoisotopic (exact) mass is 479 g/mol. The minimum Gasteiger partial charge on any atom is -0.362 e. The fourth-order valence-corrected chi connectivity index (χ4v) is 3.35. The topological polar surface area (TPSA) is 59.8 Å². The molecule has 0 amide bonds. The van der Waals surface area contributed by atoms with Crippen LogP contribution in [0.15, 0.2) is 40.1 Å². The first kappa shape index (κ1) is 18.0. The molecule has 0 saturated carbocycles. The third kappa shape index (κ3) is 3.08. The maximum Gasteiger partial charge on any atom is 0.431 e. The van der Waals surface area contributed by atoms with E-state index in [2.05, 4.69) is 36.8 Å². The van der Waals surface area contributed by atoms with E-state index in [-0.39, 0.29) is 9.42 Å². The van der Waals surface area contributed by atoms with Gasteiger partial charge in [0.25, 0.3) is 5.56 Å². The molecule has 2 heterocycles. The van der Waals surface area contributed by atoms with E-state index in [1.807, 2.05) is 0 Å². The molecular weight excluding hydrogens is 471 g/mol. The van der Waals surface area contributed by atoms with Gasteiger partial charge < -0.3 is 4.98 Å². The highest BCUT2D eigenvalue weighted by molar-refractivity contribution is 9.24. The van der Waals surface area contributed by atoms with Crippen LogP contribution in [0.2, 0.25) is 0 Å². The first-order valence-corrected chi connectivity index (χ1v) is 8.74. The van der Waals surface area contributed by atoms with Crippen molar-refractivity contribution in [1.29, 1.82) is 0 Å². The van der Waals surface area contributed by atoms with E-state index < -0.39 is 23.1 Å². The average molecular weight is 481 g/mol. The fourth-order valence-electron chi connectivity index (χ4n) is 2.59. The lowest BCUT2D eigenvalue weighted by Gasteiger charge is -2.14. The Morgan fingerprint density at radius 1 is 1.16 bits per heavy atom. The van der Waals surface area contributed by atoms with Crippen LogP contribution in [0.1, 0.15) is 15.1 Å². The van der Waals surface area contributed by atoms with Crippen molar-refractivity contribution < 1.29 is 13.2 Å². The first-order valence-electron chi connectivity index (χ1n) is 6.91. The zero-order valence-electron chi connectivity index (χ0n) is 12.6. The Kier molecular flexibility index (Phi) is 4.44. The molecule has 0 aliphatic rings. The number of nitrogens with one attached hydrogen (secondary N) is 1. The largest absolute Gasteiger partial charge is 0.431 e. The van der Waals surface area contributed by atoms with E-state index in [1.54, 1.807) is 18.3 Å². The summed E-state index contributed by atoms with van der Waals surface area (Å²) in [4.78, 5) is 27.6. The molecule has 0 unspecified atom stereocenters. The van der Waals surface area contributed by atoms with Crippen molar-refractivity contribution in [3.05, 3.63) is 62.7 Å². The predicted molar refractivity (Wildman–Crippen MR) is 94.7 cm³/mol. The standard InChI is InChI=1S/C15H10Br2F3N3O2/c1-22-10(15(18,19)20)5-11(24)23(14(22)25)8-3-2-7-6-21-12(13(16)17)9(7)4-8/h2-6,13,21H,1H3. The van der Waals surface area contributed by atoms with Gasteiger partial charge in [0.05, 0.1) is 5.69 Å². The van der Waals surface area contributed by atoms with E-state index in [1.165, 1.54) is 6.07 Å². The van der Waals surface area contributed by atoms with Gasteiger partial charge in [0.1, 0.15) is 9.43 Å². The summed E-state index contributed by atoms with van der Waals surface area (Å²) in [6.45, 7) is 0. The quantitative estimate of drug-likeness (QED) is 0.567. The SMILES string of the molecule is Cn1c(C(F)(F)F)cc(=O)n(-c2ccc3c[nH]c(C(Br)Br)c3c2)c1=O. The Bertz CT molecular complexity index is 1080. The lowest BCUT2D eigenvalue weighted by Crippen LogP contribution is -2.40. The number of fused-ring (bicyclic) bond motifs is 1. The molecule has 132 valence electrons. The number of aromatic amines is 1. The third-order valence-corrected chi connectivity index (χ3v) is 4.71. The van der Waals surface area contributed by atoms with Crippen LogP contribution in [0.25, 0.3) is 16.5 Å². The number of rotatable bonds is 2. The van der Waals surface area contributed by atoms with E-state index in [0.717, 1.165) is 23.5 Å². The third-order valence-electron chi connectivity index (χ3n) is 3.80. The van der Waals surface area contributed by atoms with Crippen molar-refractivity contribution in [3.8, 4) is 5.69 Å². The molecule has 0 aliphatic heterocycles. The molecular formula is C15H10Br2F3N3O2. The number of halogens is 5. The van der Waals surface area contributed by atoms with Crippen molar-refractivity contribution in [1.82, 2.24) is 14.1 Å². The fraction of sp³-hybridized carbons (Fsp3) is 0.200. The molecule has 5 nitrogen and oxygen atoms in total. The minimum absolute atomic E-state index is 0.188. The summed E-state index contributed by atoms with van der Waals surface area (Å²) in [7, 11) is 0.981. The highest BCUT2D eigenvalue weighted by Crippen LogP contribution is 2.34. The first-order chi connectivity index (χ1) is 11.6. The van der Waals surface area contributed by atoms with Gasteiger partial charge in [0.15, 0.2) is 0 Å². The zero-order valence-corrected chi connectivity index (χ0v) is 15.7. The predicted octanol–water partition coefficient (Wildman–Crippen LogP) is 3.82. The van der Waals surface area contributed by atoms with Crippen LogP contribution in [-0.4, -0.2) is 14.1 Å². The molecule has 25 heavy (non-hydrogen) atoms. The van der Waals surface area contributed by atoms with Gasteiger partial charge in [-0.2, -0.15) is 13.2 Å². The van der Waals surface area contributed by atoms with Crippen molar-refractivity contribution >= 4 is 42.6 Å². The zero-order chi connectivity index (χ0) is 18.5. The Balaban J connectivity index is 2.29. The molecule has 0 fully saturated rings. The summed E-state index contributed by atoms with van der Waals surface area (Å²) in [6, 6.07) is 5.18. The van der Waals surface area contributed by atoms with Crippen LogP contribution < -0.4 is 11.2 Å². The van der Waals surface area contributed by atoms with Gasteiger partial charge in [-0.05, 0) is 17.5 Å². The second-order valence-electron chi connectivity index (χ2n) is 5.32. The number of nitrogens with zero attached hydrogens (tertiary/aromatic N) is 2. The molecule has 0 atom stereocenters. The van der Waals surface area contributed by atoms with E-state index in [9.17, 15) is 22.8 Å². The maximum absolute atomic E-state index is 12.9. The molecule has 1 N–H and O–H groups in total. The molecule has 2 aromatic heterocycles. The summed E-state index contributed by atoms with van der Waals surface area (Å²) in [5.41, 5.74) is -2.45. The Morgan fingerprint density at radius 2 is 1.84 bits per heavy atom. The molecule has 0 bridgehead atoms. The van der Waals surface area contributed by atoms with Gasteiger partial charge >= 0.3 is 11.9 Å². The summed E-state index contributed by atoms with van der Waals surface area (Å²) in [5, 5.41) is 1.56. The molecule has 3 rings (SSSR count). The van der Waals surface area contributed by atoms with Crippen LogP contribution in [0.4, 0.5) is 13.2 Å². The Hall–Kier alpha value is -1.81. The van der Waals surface area contributed by atoms with E-state index in [0.29, 0.717) is 15.2 Å². The van der Waals surface area contributed by atoms with Crippen molar-refractivity contribution in [2.24, 2.45) is 7.05 Å². The molecule has 10 heteroatoms. The van der Waals surface area contributed by atoms with Crippen LogP contribution in [0.3, 0.4) is 0 Å². The summed E-state index contributed by atoms with van der Waals surface area (Å²) in [5.74, 6) is 0. The van der Waals surface area contributed by atoms with Crippen LogP contribution >= 0.6 is 31.9 Å². The number of aromatic nitrogens is 3. The molecule has 1 aromatic carbocycles. The van der Waals surface area contributed by atoms with Gasteiger partial charge in [0.2, 0.25) is 0 Å². The lowest BCUT2D eigenvalue weighted by atomic mass is 10.1. The molecule has 3 aromatic rings. The maximum atomic E-state index is 12.9. The summed E-state index contributed by atoms with van der Waals surface area (Å²) >= 11 is 6.72. The van der Waals surface area contributed by atoms with Gasteiger partial charge in [-0.1, -0.05) is 37.9 Å². The molecule has 0 aliphatic carbocycles. The number of benzene rings is 1. The van der Waals surface area contributed by atoms with E-state index in [4.69, 9.17) is 0 Å². The average Bonchev–Trinajstić information content (AvgIpc) is 2.93. The van der Waals surface area contributed by atoms with Gasteiger partial charge in [-0.3, -0.25) is 9.36 Å². The number of H-pyrrole nitrogens is 1. The molecule has 0 radical (unpaired) electrons. The smallest absolute Gasteiger partial charge is 0.362 e. The highest BCUT2D eigenvalue weighted by atomic mass is 79.9. The summed E-state index contributed by atoms with van der Waals surface area (Å²) < 4.78 is 39.7. The second-order valence-corrected chi connectivity index (χ2v) is 8.38. The summed E-state index contributed by atoms with van der Waals surface area (Å²) in [6.07, 6.45) is -3.04. The molecule has 0 spiro atoms. The van der Waals surface area contributed by atoms with Crippen molar-refractivity contribution in [2.45, 2.75) is 9.91 Å². The van der Waals surface area contributed by atoms with Gasteiger partial charge in [-0.15, -0.1) is 0 Å². The molecule has 0 saturated heterocycles. The number of hydrogen-bond acceptors (Lipinski definition) is 2. The van der Waals surface area contributed by atoms with Crippen LogP contribution in [0, 0.1) is 0 Å². The van der Waals surface area contributed by atoms with Crippen molar-refractivity contribution in [2.75, 3.05) is 0 Å². The second kappa shape index (κ2) is 6.17. The van der Waals surface area contributed by atoms with Crippen LogP contribution in [0.5, 0.6) is 0 Å². The lowest BCUT2D eigenvalue weighted by molar-refractivity contribution is -0.144. The normalized spacial score (nSPS) is 12.3. The Labute approximate surface area is 155 Å². The van der Waals surface area contributed by atoms with Crippen molar-refractivity contribution in [3.63, 3.8) is 0 Å². The Morgan fingerprint density at radius 3 is 2.44 bits per heavy atom. The minimum atomic E-state index is -4.79. The van der Waals surface area contributed by atoms with Gasteiger partial charge in [-0.25, -0.2) is 9.36 Å².